The van der Waals surface area contributed by atoms with Gasteiger partial charge < -0.3 is 25.2 Å². The Morgan fingerprint density at radius 3 is 2.54 bits per heavy atom. The Bertz CT molecular complexity index is 763. The lowest BCUT2D eigenvalue weighted by Crippen LogP contribution is -3.15. The molecule has 3 rings (SSSR count). The number of ether oxygens (including phenoxy) is 1. The maximum absolute atomic E-state index is 13.6. The molecule has 0 amide bonds. The predicted octanol–water partition coefficient (Wildman–Crippen LogP) is 1.92. The van der Waals surface area contributed by atoms with Crippen LogP contribution >= 0.6 is 12.2 Å². The highest BCUT2D eigenvalue weighted by Gasteiger charge is 2.19. The van der Waals surface area contributed by atoms with Crippen LogP contribution in [0, 0.1) is 5.82 Å². The summed E-state index contributed by atoms with van der Waals surface area (Å²) in [6, 6.07) is 14.8. The van der Waals surface area contributed by atoms with Crippen LogP contribution in [0.4, 0.5) is 15.8 Å². The van der Waals surface area contributed by atoms with Crippen molar-refractivity contribution >= 4 is 28.7 Å². The summed E-state index contributed by atoms with van der Waals surface area (Å²) in [7, 11) is 1.69. The number of thiocarbonyl (C=S) groups is 1. The average molecular weight is 404 g/mol. The molecular weight excluding hydrogens is 375 g/mol. The van der Waals surface area contributed by atoms with Crippen LogP contribution in [0.15, 0.2) is 48.5 Å². The van der Waals surface area contributed by atoms with Gasteiger partial charge in [0.1, 0.15) is 11.6 Å². The van der Waals surface area contributed by atoms with Gasteiger partial charge in [-0.05, 0) is 48.6 Å². The normalized spacial score (nSPS) is 14.6. The molecule has 0 aromatic heterocycles. The van der Waals surface area contributed by atoms with E-state index in [1.165, 1.54) is 11.8 Å². The van der Waals surface area contributed by atoms with Crippen molar-refractivity contribution in [2.24, 2.45) is 0 Å². The lowest BCUT2D eigenvalue weighted by Gasteiger charge is -2.33. The maximum atomic E-state index is 13.6. The van der Waals surface area contributed by atoms with Crippen LogP contribution in [0.3, 0.4) is 0 Å². The number of piperazine rings is 1. The summed E-state index contributed by atoms with van der Waals surface area (Å²) in [4.78, 5) is 4.04. The highest BCUT2D eigenvalue weighted by Crippen LogP contribution is 2.19. The number of hydrogen-bond donors (Lipinski definition) is 3. The quantitative estimate of drug-likeness (QED) is 0.487. The van der Waals surface area contributed by atoms with Crippen LogP contribution in [-0.2, 0) is 0 Å². The highest BCUT2D eigenvalue weighted by atomic mass is 32.1. The van der Waals surface area contributed by atoms with Crippen molar-refractivity contribution in [2.75, 3.05) is 56.6 Å². The molecule has 1 aliphatic heterocycles. The zero-order valence-electron chi connectivity index (χ0n) is 16.2. The SMILES string of the molecule is COc1ccc(N2CC[NH+](CCCNC(=S)Nc3ccccc3F)CC2)cc1. The largest absolute Gasteiger partial charge is 0.497 e. The summed E-state index contributed by atoms with van der Waals surface area (Å²) in [6.45, 7) is 6.26. The first-order chi connectivity index (χ1) is 13.7. The van der Waals surface area contributed by atoms with Crippen LogP contribution in [0.5, 0.6) is 5.75 Å². The second kappa shape index (κ2) is 10.2. The monoisotopic (exact) mass is 403 g/mol. The molecule has 3 N–H and O–H groups in total. The van der Waals surface area contributed by atoms with Gasteiger partial charge in [-0.3, -0.25) is 0 Å². The summed E-state index contributed by atoms with van der Waals surface area (Å²) >= 11 is 5.24. The number of nitrogens with zero attached hydrogens (tertiary/aromatic N) is 1. The van der Waals surface area contributed by atoms with Gasteiger partial charge in [-0.1, -0.05) is 12.1 Å². The van der Waals surface area contributed by atoms with Crippen molar-refractivity contribution in [1.82, 2.24) is 5.32 Å². The third-order valence-electron chi connectivity index (χ3n) is 5.02. The molecule has 1 heterocycles. The zero-order chi connectivity index (χ0) is 19.8. The first-order valence-electron chi connectivity index (χ1n) is 9.67. The van der Waals surface area contributed by atoms with E-state index in [4.69, 9.17) is 17.0 Å². The molecule has 0 spiro atoms. The molecule has 0 bridgehead atoms. The number of halogens is 1. The molecular formula is C21H28FN4OS+. The molecule has 0 saturated carbocycles. The molecule has 150 valence electrons. The minimum atomic E-state index is -0.300. The number of quaternary nitrogens is 1. The Labute approximate surface area is 171 Å². The van der Waals surface area contributed by atoms with Crippen molar-refractivity contribution in [3.05, 3.63) is 54.3 Å². The van der Waals surface area contributed by atoms with E-state index in [1.807, 2.05) is 12.1 Å². The van der Waals surface area contributed by atoms with E-state index >= 15 is 0 Å². The minimum Gasteiger partial charge on any atom is -0.497 e. The standard InChI is InChI=1S/C21H27FN4OS/c1-27-18-9-7-17(8-10-18)26-15-13-25(14-16-26)12-4-11-23-21(28)24-20-6-3-2-5-19(20)22/h2-3,5-10H,4,11-16H2,1H3,(H2,23,24,28)/p+1. The number of hydrogen-bond acceptors (Lipinski definition) is 3. The summed E-state index contributed by atoms with van der Waals surface area (Å²) in [5.41, 5.74) is 1.66. The fraction of sp³-hybridized carbons (Fsp3) is 0.381. The third kappa shape index (κ3) is 5.81. The Hall–Kier alpha value is -2.38. The van der Waals surface area contributed by atoms with Gasteiger partial charge in [-0.25, -0.2) is 4.39 Å². The Morgan fingerprint density at radius 2 is 1.86 bits per heavy atom. The first kappa shape index (κ1) is 20.4. The molecule has 2 aromatic rings. The first-order valence-corrected chi connectivity index (χ1v) is 10.1. The van der Waals surface area contributed by atoms with E-state index in [0.717, 1.165) is 51.4 Å². The topological polar surface area (TPSA) is 41.0 Å². The fourth-order valence-corrected chi connectivity index (χ4v) is 3.61. The van der Waals surface area contributed by atoms with Crippen LogP contribution in [0.1, 0.15) is 6.42 Å². The highest BCUT2D eigenvalue weighted by molar-refractivity contribution is 7.80. The lowest BCUT2D eigenvalue weighted by molar-refractivity contribution is -0.900. The average Bonchev–Trinajstić information content (AvgIpc) is 2.73. The van der Waals surface area contributed by atoms with Crippen molar-refractivity contribution in [3.8, 4) is 5.75 Å². The van der Waals surface area contributed by atoms with Gasteiger partial charge in [0.05, 0.1) is 45.5 Å². The Balaban J connectivity index is 1.32. The number of para-hydroxylation sites is 1. The van der Waals surface area contributed by atoms with E-state index in [2.05, 4.69) is 27.7 Å². The van der Waals surface area contributed by atoms with E-state index in [-0.39, 0.29) is 5.82 Å². The number of methoxy groups -OCH3 is 1. The van der Waals surface area contributed by atoms with E-state index in [1.54, 1.807) is 30.2 Å². The maximum Gasteiger partial charge on any atom is 0.170 e. The van der Waals surface area contributed by atoms with Gasteiger partial charge in [0, 0.05) is 18.7 Å². The van der Waals surface area contributed by atoms with Gasteiger partial charge in [0.25, 0.3) is 0 Å². The minimum absolute atomic E-state index is 0.300. The molecule has 1 saturated heterocycles. The van der Waals surface area contributed by atoms with Crippen LogP contribution in [-0.4, -0.2) is 51.5 Å². The Kier molecular flexibility index (Phi) is 7.45. The van der Waals surface area contributed by atoms with Crippen LogP contribution in [0.2, 0.25) is 0 Å². The van der Waals surface area contributed by atoms with Gasteiger partial charge in [0.2, 0.25) is 0 Å². The van der Waals surface area contributed by atoms with Crippen LogP contribution < -0.4 is 25.2 Å². The molecule has 0 aliphatic carbocycles. The Morgan fingerprint density at radius 1 is 1.14 bits per heavy atom. The summed E-state index contributed by atoms with van der Waals surface area (Å²) in [5, 5.41) is 6.53. The molecule has 7 heteroatoms. The van der Waals surface area contributed by atoms with Gasteiger partial charge >= 0.3 is 0 Å². The molecule has 0 radical (unpaired) electrons. The van der Waals surface area contributed by atoms with Gasteiger partial charge in [-0.15, -0.1) is 0 Å². The number of nitrogens with one attached hydrogen (secondary N) is 3. The smallest absolute Gasteiger partial charge is 0.170 e. The van der Waals surface area contributed by atoms with E-state index in [0.29, 0.717) is 10.8 Å². The lowest BCUT2D eigenvalue weighted by atomic mass is 10.2. The number of rotatable bonds is 7. The van der Waals surface area contributed by atoms with Gasteiger partial charge in [0.15, 0.2) is 5.11 Å². The third-order valence-corrected chi connectivity index (χ3v) is 5.27. The van der Waals surface area contributed by atoms with Crippen molar-refractivity contribution < 1.29 is 14.0 Å². The summed E-state index contributed by atoms with van der Waals surface area (Å²) in [5.74, 6) is 0.591. The van der Waals surface area contributed by atoms with E-state index in [9.17, 15) is 4.39 Å². The molecule has 0 atom stereocenters. The second-order valence-corrected chi connectivity index (χ2v) is 7.31. The summed E-state index contributed by atoms with van der Waals surface area (Å²) in [6.07, 6.45) is 1.02. The molecule has 0 unspecified atom stereocenters. The van der Waals surface area contributed by atoms with Crippen molar-refractivity contribution in [2.45, 2.75) is 6.42 Å². The van der Waals surface area contributed by atoms with Crippen molar-refractivity contribution in [1.29, 1.82) is 0 Å². The molecule has 5 nitrogen and oxygen atoms in total. The second-order valence-electron chi connectivity index (χ2n) is 6.90. The molecule has 1 aliphatic rings. The van der Waals surface area contributed by atoms with E-state index < -0.39 is 0 Å². The molecule has 28 heavy (non-hydrogen) atoms. The van der Waals surface area contributed by atoms with Crippen molar-refractivity contribution in [3.63, 3.8) is 0 Å². The zero-order valence-corrected chi connectivity index (χ0v) is 17.0. The number of benzene rings is 2. The predicted molar refractivity (Wildman–Crippen MR) is 116 cm³/mol. The summed E-state index contributed by atoms with van der Waals surface area (Å²) < 4.78 is 18.8. The van der Waals surface area contributed by atoms with Crippen LogP contribution in [0.25, 0.3) is 0 Å². The number of anilines is 2. The molecule has 2 aromatic carbocycles. The van der Waals surface area contributed by atoms with Gasteiger partial charge in [-0.2, -0.15) is 0 Å². The molecule has 1 fully saturated rings. The fourth-order valence-electron chi connectivity index (χ4n) is 3.39.